The zero-order chi connectivity index (χ0) is 18.4. The van der Waals surface area contributed by atoms with Gasteiger partial charge >= 0.3 is 6.03 Å². The Balaban J connectivity index is 2.18. The number of hydrogen-bond acceptors (Lipinski definition) is 7. The number of nitrogens with zero attached hydrogens (tertiary/aromatic N) is 4. The van der Waals surface area contributed by atoms with Gasteiger partial charge in [-0.3, -0.25) is 10.1 Å². The van der Waals surface area contributed by atoms with E-state index >= 15 is 0 Å². The minimum Gasteiger partial charge on any atom is -0.494 e. The number of carbonyl (C=O) groups excluding carboxylic acids is 2. The van der Waals surface area contributed by atoms with Crippen LogP contribution in [0.15, 0.2) is 23.4 Å². The number of hydrogen-bond donors (Lipinski definition) is 2. The van der Waals surface area contributed by atoms with Gasteiger partial charge in [-0.1, -0.05) is 17.8 Å². The first-order valence-electron chi connectivity index (χ1n) is 7.65. The summed E-state index contributed by atoms with van der Waals surface area (Å²) in [5, 5.41) is 16.3. The summed E-state index contributed by atoms with van der Waals surface area (Å²) in [6.07, 6.45) is 0. The lowest BCUT2D eigenvalue weighted by Gasteiger charge is -2.13. The lowest BCUT2D eigenvalue weighted by molar-refractivity contribution is -0.119. The van der Waals surface area contributed by atoms with Crippen LogP contribution in [0.25, 0.3) is 5.69 Å². The molecule has 0 aliphatic heterocycles. The Kier molecular flexibility index (Phi) is 6.34. The molecule has 0 saturated heterocycles. The molecule has 134 valence electrons. The molecular formula is C15H20N6O3S. The molecule has 0 aliphatic rings. The highest BCUT2D eigenvalue weighted by Crippen LogP contribution is 2.28. The van der Waals surface area contributed by atoms with Gasteiger partial charge in [0.15, 0.2) is 0 Å². The number of tetrazole rings is 1. The van der Waals surface area contributed by atoms with E-state index in [-0.39, 0.29) is 0 Å². The number of urea groups is 1. The van der Waals surface area contributed by atoms with Crippen LogP contribution in [-0.4, -0.2) is 51.1 Å². The van der Waals surface area contributed by atoms with E-state index in [2.05, 4.69) is 26.2 Å². The second-order valence-electron chi connectivity index (χ2n) is 5.16. The van der Waals surface area contributed by atoms with E-state index in [1.54, 1.807) is 21.0 Å². The van der Waals surface area contributed by atoms with Crippen molar-refractivity contribution in [3.05, 3.63) is 23.8 Å². The monoisotopic (exact) mass is 364 g/mol. The molecule has 0 fully saturated rings. The van der Waals surface area contributed by atoms with Gasteiger partial charge < -0.3 is 10.1 Å². The standard InChI is InChI=1S/C15H20N6O3S/c1-5-16-14(23)17-13(22)10(3)25-15-18-19-20-21(15)11-8-9(2)6-7-12(11)24-4/h6-8,10H,5H2,1-4H3,(H2,16,17,22,23). The van der Waals surface area contributed by atoms with Crippen LogP contribution in [0.2, 0.25) is 0 Å². The molecule has 0 radical (unpaired) electrons. The van der Waals surface area contributed by atoms with E-state index < -0.39 is 17.2 Å². The van der Waals surface area contributed by atoms with Crippen LogP contribution in [-0.2, 0) is 4.79 Å². The molecule has 0 bridgehead atoms. The van der Waals surface area contributed by atoms with Crippen LogP contribution in [0.1, 0.15) is 19.4 Å². The van der Waals surface area contributed by atoms with Crippen molar-refractivity contribution >= 4 is 23.7 Å². The summed E-state index contributed by atoms with van der Waals surface area (Å²) in [5.41, 5.74) is 1.69. The minimum atomic E-state index is -0.567. The fourth-order valence-electron chi connectivity index (χ4n) is 2.00. The quantitative estimate of drug-likeness (QED) is 0.743. The van der Waals surface area contributed by atoms with Crippen molar-refractivity contribution < 1.29 is 14.3 Å². The Bertz CT molecular complexity index is 763. The molecule has 2 rings (SSSR count). The van der Waals surface area contributed by atoms with Crippen molar-refractivity contribution in [3.8, 4) is 11.4 Å². The predicted octanol–water partition coefficient (Wildman–Crippen LogP) is 1.31. The van der Waals surface area contributed by atoms with Gasteiger partial charge in [-0.15, -0.1) is 5.10 Å². The third kappa shape index (κ3) is 4.69. The Morgan fingerprint density at radius 2 is 2.16 bits per heavy atom. The van der Waals surface area contributed by atoms with Crippen molar-refractivity contribution in [1.82, 2.24) is 30.8 Å². The third-order valence-corrected chi connectivity index (χ3v) is 4.26. The zero-order valence-electron chi connectivity index (χ0n) is 14.4. The molecule has 0 aliphatic carbocycles. The highest BCUT2D eigenvalue weighted by molar-refractivity contribution is 8.00. The van der Waals surface area contributed by atoms with E-state index in [4.69, 9.17) is 4.74 Å². The number of amides is 3. The summed E-state index contributed by atoms with van der Waals surface area (Å²) < 4.78 is 6.86. The predicted molar refractivity (Wildman–Crippen MR) is 93.0 cm³/mol. The first-order valence-corrected chi connectivity index (χ1v) is 8.53. The number of imide groups is 1. The molecule has 10 heteroatoms. The SMILES string of the molecule is CCNC(=O)NC(=O)C(C)Sc1nnnn1-c1cc(C)ccc1OC. The average Bonchev–Trinajstić information content (AvgIpc) is 3.02. The van der Waals surface area contributed by atoms with E-state index in [1.807, 2.05) is 25.1 Å². The molecule has 2 N–H and O–H groups in total. The van der Waals surface area contributed by atoms with Gasteiger partial charge in [0.05, 0.1) is 12.4 Å². The zero-order valence-corrected chi connectivity index (χ0v) is 15.3. The average molecular weight is 364 g/mol. The van der Waals surface area contributed by atoms with Gasteiger partial charge in [-0.2, -0.15) is 4.68 Å². The number of methoxy groups -OCH3 is 1. The highest BCUT2D eigenvalue weighted by atomic mass is 32.2. The number of ether oxygens (including phenoxy) is 1. The van der Waals surface area contributed by atoms with E-state index in [0.717, 1.165) is 17.3 Å². The van der Waals surface area contributed by atoms with E-state index in [9.17, 15) is 9.59 Å². The summed E-state index contributed by atoms with van der Waals surface area (Å²) in [6.45, 7) is 5.83. The van der Waals surface area contributed by atoms with E-state index in [0.29, 0.717) is 23.1 Å². The van der Waals surface area contributed by atoms with E-state index in [1.165, 1.54) is 4.68 Å². The van der Waals surface area contributed by atoms with Crippen molar-refractivity contribution in [2.75, 3.05) is 13.7 Å². The van der Waals surface area contributed by atoms with Crippen LogP contribution in [0, 0.1) is 6.92 Å². The Hall–Kier alpha value is -2.62. The number of carbonyl (C=O) groups is 2. The van der Waals surface area contributed by atoms with Gasteiger partial charge in [0.2, 0.25) is 11.1 Å². The van der Waals surface area contributed by atoms with Crippen LogP contribution >= 0.6 is 11.8 Å². The second kappa shape index (κ2) is 8.47. The number of nitrogens with one attached hydrogen (secondary N) is 2. The molecule has 0 spiro atoms. The van der Waals surface area contributed by atoms with Crippen LogP contribution in [0.5, 0.6) is 5.75 Å². The Morgan fingerprint density at radius 1 is 1.40 bits per heavy atom. The molecular weight excluding hydrogens is 344 g/mol. The van der Waals surface area contributed by atoms with Gasteiger partial charge in [-0.05, 0) is 48.9 Å². The fraction of sp³-hybridized carbons (Fsp3) is 0.400. The molecule has 25 heavy (non-hydrogen) atoms. The van der Waals surface area contributed by atoms with Gasteiger partial charge in [-0.25, -0.2) is 4.79 Å². The largest absolute Gasteiger partial charge is 0.494 e. The van der Waals surface area contributed by atoms with Gasteiger partial charge in [0, 0.05) is 6.54 Å². The number of thioether (sulfide) groups is 1. The summed E-state index contributed by atoms with van der Waals surface area (Å²) >= 11 is 1.14. The van der Waals surface area contributed by atoms with Gasteiger partial charge in [0.25, 0.3) is 0 Å². The lowest BCUT2D eigenvalue weighted by atomic mass is 10.2. The summed E-state index contributed by atoms with van der Waals surface area (Å²) in [4.78, 5) is 23.5. The molecule has 1 unspecified atom stereocenters. The molecule has 0 saturated carbocycles. The summed E-state index contributed by atoms with van der Waals surface area (Å²) in [5.74, 6) is 0.181. The molecule has 9 nitrogen and oxygen atoms in total. The number of aryl methyl sites for hydroxylation is 1. The fourth-order valence-corrected chi connectivity index (χ4v) is 2.80. The lowest BCUT2D eigenvalue weighted by Crippen LogP contribution is -2.42. The first-order chi connectivity index (χ1) is 12.0. The van der Waals surface area contributed by atoms with Crippen LogP contribution < -0.4 is 15.4 Å². The van der Waals surface area contributed by atoms with Crippen molar-refractivity contribution in [2.24, 2.45) is 0 Å². The molecule has 3 amide bonds. The minimum absolute atomic E-state index is 0.419. The Labute approximate surface area is 149 Å². The molecule has 1 aromatic heterocycles. The molecule has 2 aromatic rings. The maximum atomic E-state index is 12.1. The second-order valence-corrected chi connectivity index (χ2v) is 6.47. The number of aromatic nitrogens is 4. The first kappa shape index (κ1) is 18.7. The van der Waals surface area contributed by atoms with Crippen LogP contribution in [0.4, 0.5) is 4.79 Å². The maximum Gasteiger partial charge on any atom is 0.321 e. The topological polar surface area (TPSA) is 111 Å². The molecule has 1 heterocycles. The molecule has 1 atom stereocenters. The number of rotatable bonds is 6. The van der Waals surface area contributed by atoms with Crippen molar-refractivity contribution in [1.29, 1.82) is 0 Å². The molecule has 1 aromatic carbocycles. The maximum absolute atomic E-state index is 12.1. The highest BCUT2D eigenvalue weighted by Gasteiger charge is 2.21. The summed E-state index contributed by atoms with van der Waals surface area (Å²) in [7, 11) is 1.56. The Morgan fingerprint density at radius 3 is 2.84 bits per heavy atom. The van der Waals surface area contributed by atoms with Crippen LogP contribution in [0.3, 0.4) is 0 Å². The smallest absolute Gasteiger partial charge is 0.321 e. The normalized spacial score (nSPS) is 11.7. The summed E-state index contributed by atoms with van der Waals surface area (Å²) in [6, 6.07) is 5.10. The third-order valence-electron chi connectivity index (χ3n) is 3.23. The van der Waals surface area contributed by atoms with Crippen molar-refractivity contribution in [2.45, 2.75) is 31.2 Å². The number of benzene rings is 1. The van der Waals surface area contributed by atoms with Crippen molar-refractivity contribution in [3.63, 3.8) is 0 Å². The van der Waals surface area contributed by atoms with Gasteiger partial charge in [0.1, 0.15) is 11.4 Å².